The first-order valence-corrected chi connectivity index (χ1v) is 3.32. The van der Waals surface area contributed by atoms with Crippen molar-refractivity contribution in [2.75, 3.05) is 0 Å². The van der Waals surface area contributed by atoms with Crippen LogP contribution in [-0.4, -0.2) is 0 Å². The Bertz CT molecular complexity index is 84.6. The maximum atomic E-state index is 2.23. The van der Waals surface area contributed by atoms with Crippen LogP contribution in [0.4, 0.5) is 0 Å². The summed E-state index contributed by atoms with van der Waals surface area (Å²) in [6.07, 6.45) is 14.0. The molecule has 0 heterocycles. The second kappa shape index (κ2) is 3.48. The zero-order chi connectivity index (χ0) is 5.66. The van der Waals surface area contributed by atoms with Crippen molar-refractivity contribution in [3.8, 4) is 0 Å². The van der Waals surface area contributed by atoms with Crippen molar-refractivity contribution in [2.45, 2.75) is 25.7 Å². The molecular formula is C8H12. The van der Waals surface area contributed by atoms with Gasteiger partial charge in [-0.3, -0.25) is 0 Å². The Morgan fingerprint density at radius 2 is 1.25 bits per heavy atom. The lowest BCUT2D eigenvalue weighted by Crippen LogP contribution is -1.74. The van der Waals surface area contributed by atoms with Gasteiger partial charge in [-0.25, -0.2) is 0 Å². The van der Waals surface area contributed by atoms with Crippen LogP contribution >= 0.6 is 0 Å². The van der Waals surface area contributed by atoms with Crippen molar-refractivity contribution in [1.29, 1.82) is 0 Å². The third kappa shape index (κ3) is 1.97. The van der Waals surface area contributed by atoms with E-state index in [9.17, 15) is 0 Å². The molecule has 0 nitrogen and oxygen atoms in total. The predicted molar refractivity (Wildman–Crippen MR) is 36.7 cm³/mol. The first-order valence-electron chi connectivity index (χ1n) is 3.32. The molecule has 1 aliphatic rings. The molecule has 0 amide bonds. The minimum atomic E-state index is 1.27. The van der Waals surface area contributed by atoms with Gasteiger partial charge in [0, 0.05) is 0 Å². The summed E-state index contributed by atoms with van der Waals surface area (Å²) in [5, 5.41) is 0. The molecule has 0 aliphatic heterocycles. The largest absolute Gasteiger partial charge is 0.0845 e. The molecule has 0 aromatic rings. The van der Waals surface area contributed by atoms with E-state index in [-0.39, 0.29) is 0 Å². The van der Waals surface area contributed by atoms with Crippen LogP contribution < -0.4 is 0 Å². The van der Waals surface area contributed by atoms with E-state index in [0.29, 0.717) is 0 Å². The molecule has 0 saturated heterocycles. The van der Waals surface area contributed by atoms with Crippen LogP contribution in [-0.2, 0) is 0 Å². The molecule has 1 rings (SSSR count). The molecule has 0 saturated carbocycles. The highest BCUT2D eigenvalue weighted by molar-refractivity contribution is 5.03. The van der Waals surface area contributed by atoms with E-state index in [1.54, 1.807) is 0 Å². The maximum Gasteiger partial charge on any atom is -0.0347 e. The highest BCUT2D eigenvalue weighted by atomic mass is 13.9. The summed E-state index contributed by atoms with van der Waals surface area (Å²) in [6, 6.07) is 0. The van der Waals surface area contributed by atoms with Gasteiger partial charge < -0.3 is 0 Å². The van der Waals surface area contributed by atoms with Crippen LogP contribution in [0.5, 0.6) is 0 Å². The van der Waals surface area contributed by atoms with Crippen LogP contribution in [0.3, 0.4) is 0 Å². The smallest absolute Gasteiger partial charge is 0.0347 e. The van der Waals surface area contributed by atoms with Crippen molar-refractivity contribution in [1.82, 2.24) is 0 Å². The van der Waals surface area contributed by atoms with E-state index in [1.807, 2.05) is 0 Å². The molecule has 0 unspecified atom stereocenters. The fourth-order valence-electron chi connectivity index (χ4n) is 0.874. The van der Waals surface area contributed by atoms with Crippen molar-refractivity contribution in [3.05, 3.63) is 24.3 Å². The van der Waals surface area contributed by atoms with Crippen LogP contribution in [0.25, 0.3) is 0 Å². The lowest BCUT2D eigenvalue weighted by Gasteiger charge is -1.94. The topological polar surface area (TPSA) is 0 Å². The first kappa shape index (κ1) is 5.61. The summed E-state index contributed by atoms with van der Waals surface area (Å²) in [7, 11) is 0. The van der Waals surface area contributed by atoms with Crippen LogP contribution in [0.2, 0.25) is 0 Å². The SMILES string of the molecule is C1=CCCCC/C=C/1. The highest BCUT2D eigenvalue weighted by Gasteiger charge is 1.84. The molecule has 0 aromatic carbocycles. The molecule has 0 atom stereocenters. The van der Waals surface area contributed by atoms with E-state index in [0.717, 1.165) is 0 Å². The number of hydrogen-bond donors (Lipinski definition) is 0. The Labute approximate surface area is 50.9 Å². The second-order valence-electron chi connectivity index (χ2n) is 2.14. The van der Waals surface area contributed by atoms with Crippen LogP contribution in [0, 0.1) is 0 Å². The van der Waals surface area contributed by atoms with Gasteiger partial charge >= 0.3 is 0 Å². The molecule has 44 valence electrons. The predicted octanol–water partition coefficient (Wildman–Crippen LogP) is 2.67. The van der Waals surface area contributed by atoms with Crippen LogP contribution in [0.15, 0.2) is 24.3 Å². The van der Waals surface area contributed by atoms with Gasteiger partial charge in [-0.05, 0) is 25.7 Å². The van der Waals surface area contributed by atoms with Gasteiger partial charge in [-0.2, -0.15) is 0 Å². The first-order chi connectivity index (χ1) is 4.00. The quantitative estimate of drug-likeness (QED) is 0.447. The second-order valence-corrected chi connectivity index (χ2v) is 2.14. The lowest BCUT2D eigenvalue weighted by molar-refractivity contribution is 0.758. The third-order valence-electron chi connectivity index (χ3n) is 1.37. The fourth-order valence-corrected chi connectivity index (χ4v) is 0.874. The number of hydrogen-bond acceptors (Lipinski definition) is 0. The van der Waals surface area contributed by atoms with Crippen LogP contribution in [0.1, 0.15) is 25.7 Å². The molecule has 8 heavy (non-hydrogen) atoms. The normalized spacial score (nSPS) is 24.0. The Kier molecular flexibility index (Phi) is 2.44. The monoisotopic (exact) mass is 108 g/mol. The Hall–Kier alpha value is -0.520. The Balaban J connectivity index is 2.33. The maximum absolute atomic E-state index is 2.23. The number of rotatable bonds is 0. The minimum Gasteiger partial charge on any atom is -0.0845 e. The van der Waals surface area contributed by atoms with E-state index in [1.165, 1.54) is 25.7 Å². The van der Waals surface area contributed by atoms with Gasteiger partial charge in [0.25, 0.3) is 0 Å². The van der Waals surface area contributed by atoms with Crippen molar-refractivity contribution < 1.29 is 0 Å². The molecule has 1 aliphatic carbocycles. The summed E-state index contributed by atoms with van der Waals surface area (Å²) in [6.45, 7) is 0. The molecule has 0 fully saturated rings. The molecule has 0 bridgehead atoms. The zero-order valence-electron chi connectivity index (χ0n) is 5.14. The molecule has 0 N–H and O–H groups in total. The van der Waals surface area contributed by atoms with Gasteiger partial charge in [0.15, 0.2) is 0 Å². The minimum absolute atomic E-state index is 1.27. The summed E-state index contributed by atoms with van der Waals surface area (Å²) >= 11 is 0. The summed E-state index contributed by atoms with van der Waals surface area (Å²) < 4.78 is 0. The van der Waals surface area contributed by atoms with E-state index in [2.05, 4.69) is 24.3 Å². The highest BCUT2D eigenvalue weighted by Crippen LogP contribution is 2.04. The van der Waals surface area contributed by atoms with Crippen molar-refractivity contribution >= 4 is 0 Å². The average Bonchev–Trinajstić information content (AvgIpc) is 1.62. The standard InChI is InChI=1S/C8H12/c1-2-4-6-8-7-5-3-1/h1-4H,5-8H2/b3-1+,4-2?. The lowest BCUT2D eigenvalue weighted by atomic mass is 10.1. The summed E-state index contributed by atoms with van der Waals surface area (Å²) in [4.78, 5) is 0. The molecule has 0 aromatic heterocycles. The van der Waals surface area contributed by atoms with E-state index < -0.39 is 0 Å². The van der Waals surface area contributed by atoms with E-state index in [4.69, 9.17) is 0 Å². The third-order valence-corrected chi connectivity index (χ3v) is 1.37. The van der Waals surface area contributed by atoms with Gasteiger partial charge in [-0.1, -0.05) is 24.3 Å². The Morgan fingerprint density at radius 1 is 0.750 bits per heavy atom. The summed E-state index contributed by atoms with van der Waals surface area (Å²) in [5.41, 5.74) is 0. The molecular weight excluding hydrogens is 96.1 g/mol. The summed E-state index contributed by atoms with van der Waals surface area (Å²) in [5.74, 6) is 0. The Morgan fingerprint density at radius 3 is 1.75 bits per heavy atom. The molecule has 0 radical (unpaired) electrons. The van der Waals surface area contributed by atoms with Gasteiger partial charge in [0.1, 0.15) is 0 Å². The van der Waals surface area contributed by atoms with Crippen molar-refractivity contribution in [3.63, 3.8) is 0 Å². The average molecular weight is 108 g/mol. The van der Waals surface area contributed by atoms with Gasteiger partial charge in [0.2, 0.25) is 0 Å². The molecule has 0 heteroatoms. The van der Waals surface area contributed by atoms with Crippen molar-refractivity contribution in [2.24, 2.45) is 0 Å². The van der Waals surface area contributed by atoms with Gasteiger partial charge in [0.05, 0.1) is 0 Å². The molecule has 0 spiro atoms. The van der Waals surface area contributed by atoms with E-state index >= 15 is 0 Å². The zero-order valence-corrected chi connectivity index (χ0v) is 5.14. The van der Waals surface area contributed by atoms with Gasteiger partial charge in [-0.15, -0.1) is 0 Å². The number of allylic oxidation sites excluding steroid dienone is 4. The fraction of sp³-hybridized carbons (Fsp3) is 0.500.